The number of halogens is 1. The highest BCUT2D eigenvalue weighted by molar-refractivity contribution is 6.40. The Morgan fingerprint density at radius 3 is 2.43 bits per heavy atom. The van der Waals surface area contributed by atoms with Crippen molar-refractivity contribution >= 4 is 40.7 Å². The minimum absolute atomic E-state index is 0.174. The number of anilines is 2. The zero-order valence-corrected chi connectivity index (χ0v) is 16.0. The zero-order chi connectivity index (χ0) is 20.3. The van der Waals surface area contributed by atoms with Crippen molar-refractivity contribution in [2.75, 3.05) is 16.8 Å². The number of imide groups is 1. The summed E-state index contributed by atoms with van der Waals surface area (Å²) < 4.78 is 5.40. The minimum Gasteiger partial charge on any atom is -0.368 e. The van der Waals surface area contributed by atoms with Gasteiger partial charge in [-0.1, -0.05) is 29.8 Å². The number of ether oxygens (including phenoxy) is 1. The lowest BCUT2D eigenvalue weighted by atomic mass is 10.1. The van der Waals surface area contributed by atoms with E-state index in [4.69, 9.17) is 16.3 Å². The molecule has 144 valence electrons. The number of rotatable bonds is 7. The summed E-state index contributed by atoms with van der Waals surface area (Å²) in [6, 6.07) is 11.2. The number of nitrogens with one attached hydrogen (secondary N) is 1. The van der Waals surface area contributed by atoms with Gasteiger partial charge in [0, 0.05) is 5.69 Å². The van der Waals surface area contributed by atoms with Crippen LogP contribution in [0.4, 0.5) is 11.4 Å². The van der Waals surface area contributed by atoms with E-state index in [9.17, 15) is 14.4 Å². The number of carbonyl (C=O) groups excluding carboxylic acids is 3. The molecule has 1 aliphatic rings. The first-order valence-corrected chi connectivity index (χ1v) is 9.12. The molecular weight excluding hydrogens is 380 g/mol. The molecule has 2 aromatic rings. The van der Waals surface area contributed by atoms with Gasteiger partial charge in [-0.05, 0) is 43.7 Å². The normalized spacial score (nSPS) is 14.0. The lowest BCUT2D eigenvalue weighted by molar-refractivity contribution is -0.126. The molecule has 0 radical (unpaired) electrons. The molecule has 1 heterocycles. The van der Waals surface area contributed by atoms with E-state index in [2.05, 4.69) is 11.9 Å². The van der Waals surface area contributed by atoms with Crippen molar-refractivity contribution in [3.05, 3.63) is 71.3 Å². The fourth-order valence-electron chi connectivity index (χ4n) is 2.82. The van der Waals surface area contributed by atoms with Crippen molar-refractivity contribution in [2.24, 2.45) is 0 Å². The number of carbonyl (C=O) groups is 3. The van der Waals surface area contributed by atoms with Gasteiger partial charge in [-0.25, -0.2) is 4.90 Å². The van der Waals surface area contributed by atoms with Gasteiger partial charge in [0.2, 0.25) is 0 Å². The first-order valence-electron chi connectivity index (χ1n) is 8.74. The topological polar surface area (TPSA) is 75.7 Å². The third-order valence-corrected chi connectivity index (χ3v) is 4.61. The van der Waals surface area contributed by atoms with Gasteiger partial charge in [-0.15, -0.1) is 6.58 Å². The predicted molar refractivity (Wildman–Crippen MR) is 108 cm³/mol. The highest BCUT2D eigenvalue weighted by Crippen LogP contribution is 2.34. The number of fused-ring (bicyclic) bond motifs is 1. The fourth-order valence-corrected chi connectivity index (χ4v) is 3.09. The van der Waals surface area contributed by atoms with Crippen molar-refractivity contribution in [3.63, 3.8) is 0 Å². The van der Waals surface area contributed by atoms with E-state index in [1.807, 2.05) is 0 Å². The molecule has 0 spiro atoms. The summed E-state index contributed by atoms with van der Waals surface area (Å²) in [6.45, 7) is 5.64. The first-order chi connectivity index (χ1) is 13.4. The second kappa shape index (κ2) is 8.37. The number of amides is 3. The van der Waals surface area contributed by atoms with E-state index in [1.165, 1.54) is 12.1 Å². The van der Waals surface area contributed by atoms with Crippen LogP contribution in [0.2, 0.25) is 5.02 Å². The van der Waals surface area contributed by atoms with Crippen molar-refractivity contribution < 1.29 is 19.1 Å². The smallest absolute Gasteiger partial charge is 0.266 e. The second-order valence-electron chi connectivity index (χ2n) is 6.24. The molecule has 1 N–H and O–H groups in total. The summed E-state index contributed by atoms with van der Waals surface area (Å²) in [4.78, 5) is 38.4. The Hall–Kier alpha value is -2.96. The molecular formula is C21H19ClN2O4. The van der Waals surface area contributed by atoms with Crippen LogP contribution < -0.4 is 10.2 Å². The quantitative estimate of drug-likeness (QED) is 0.433. The molecule has 0 saturated heterocycles. The average Bonchev–Trinajstić information content (AvgIpc) is 2.93. The molecule has 1 aliphatic heterocycles. The fraction of sp³-hybridized carbons (Fsp3) is 0.190. The Morgan fingerprint density at radius 1 is 1.21 bits per heavy atom. The van der Waals surface area contributed by atoms with E-state index in [-0.39, 0.29) is 16.6 Å². The van der Waals surface area contributed by atoms with Crippen LogP contribution in [-0.4, -0.2) is 30.4 Å². The standard InChI is InChI=1S/C21H19ClN2O4/c1-3-4-11-28-13(2)19(25)23-14-9-10-18(17(22)12-14)24-20(26)15-7-5-6-8-16(15)21(24)27/h3,5-10,12-13H,1,4,11H2,2H3,(H,23,25). The lowest BCUT2D eigenvalue weighted by Crippen LogP contribution is -2.30. The van der Waals surface area contributed by atoms with Gasteiger partial charge in [0.05, 0.1) is 28.4 Å². The van der Waals surface area contributed by atoms with Crippen LogP contribution in [0.25, 0.3) is 0 Å². The van der Waals surface area contributed by atoms with Crippen LogP contribution in [0.5, 0.6) is 0 Å². The molecule has 3 amide bonds. The molecule has 1 unspecified atom stereocenters. The number of hydrogen-bond acceptors (Lipinski definition) is 4. The Morgan fingerprint density at radius 2 is 1.86 bits per heavy atom. The Balaban J connectivity index is 1.75. The summed E-state index contributed by atoms with van der Waals surface area (Å²) in [5, 5.41) is 2.88. The lowest BCUT2D eigenvalue weighted by Gasteiger charge is -2.17. The third kappa shape index (κ3) is 3.83. The van der Waals surface area contributed by atoms with E-state index in [1.54, 1.807) is 43.3 Å². The van der Waals surface area contributed by atoms with Crippen LogP contribution in [0, 0.1) is 0 Å². The van der Waals surface area contributed by atoms with Crippen LogP contribution in [0.3, 0.4) is 0 Å². The summed E-state index contributed by atoms with van der Waals surface area (Å²) in [6.07, 6.45) is 1.72. The summed E-state index contributed by atoms with van der Waals surface area (Å²) in [7, 11) is 0. The first kappa shape index (κ1) is 19.8. The highest BCUT2D eigenvalue weighted by Gasteiger charge is 2.37. The molecule has 0 bridgehead atoms. The Bertz CT molecular complexity index is 922. The van der Waals surface area contributed by atoms with Gasteiger partial charge in [0.1, 0.15) is 6.10 Å². The molecule has 0 saturated carbocycles. The second-order valence-corrected chi connectivity index (χ2v) is 6.64. The SMILES string of the molecule is C=CCCOC(C)C(=O)Nc1ccc(N2C(=O)c3ccccc3C2=O)c(Cl)c1. The maximum Gasteiger partial charge on any atom is 0.266 e. The molecule has 0 aromatic heterocycles. The van der Waals surface area contributed by atoms with Gasteiger partial charge in [0.15, 0.2) is 0 Å². The predicted octanol–water partition coefficient (Wildman–Crippen LogP) is 4.06. The molecule has 0 aliphatic carbocycles. The van der Waals surface area contributed by atoms with Gasteiger partial charge in [-0.3, -0.25) is 14.4 Å². The molecule has 28 heavy (non-hydrogen) atoms. The van der Waals surface area contributed by atoms with Crippen LogP contribution in [0.1, 0.15) is 34.1 Å². The number of hydrogen-bond donors (Lipinski definition) is 1. The van der Waals surface area contributed by atoms with Crippen LogP contribution >= 0.6 is 11.6 Å². The van der Waals surface area contributed by atoms with Gasteiger partial charge < -0.3 is 10.1 Å². The number of nitrogens with zero attached hydrogens (tertiary/aromatic N) is 1. The van der Waals surface area contributed by atoms with Crippen molar-refractivity contribution in [1.82, 2.24) is 0 Å². The Labute approximate surface area is 167 Å². The van der Waals surface area contributed by atoms with Gasteiger partial charge >= 0.3 is 0 Å². The van der Waals surface area contributed by atoms with Crippen molar-refractivity contribution in [2.45, 2.75) is 19.4 Å². The highest BCUT2D eigenvalue weighted by atomic mass is 35.5. The Kier molecular flexibility index (Phi) is 5.92. The monoisotopic (exact) mass is 398 g/mol. The maximum atomic E-state index is 12.6. The molecule has 1 atom stereocenters. The molecule has 2 aromatic carbocycles. The van der Waals surface area contributed by atoms with Crippen LogP contribution in [0.15, 0.2) is 55.1 Å². The molecule has 0 fully saturated rings. The summed E-state index contributed by atoms with van der Waals surface area (Å²) >= 11 is 6.31. The van der Waals surface area contributed by atoms with E-state index < -0.39 is 17.9 Å². The maximum absolute atomic E-state index is 12.6. The molecule has 6 nitrogen and oxygen atoms in total. The van der Waals surface area contributed by atoms with E-state index in [0.29, 0.717) is 29.8 Å². The molecule has 3 rings (SSSR count). The summed E-state index contributed by atoms with van der Waals surface area (Å²) in [5.74, 6) is -1.18. The third-order valence-electron chi connectivity index (χ3n) is 4.31. The van der Waals surface area contributed by atoms with E-state index >= 15 is 0 Å². The van der Waals surface area contributed by atoms with Crippen molar-refractivity contribution in [1.29, 1.82) is 0 Å². The molecule has 7 heteroatoms. The van der Waals surface area contributed by atoms with Crippen molar-refractivity contribution in [3.8, 4) is 0 Å². The largest absolute Gasteiger partial charge is 0.368 e. The summed E-state index contributed by atoms with van der Waals surface area (Å²) in [5.41, 5.74) is 1.38. The average molecular weight is 399 g/mol. The van der Waals surface area contributed by atoms with Gasteiger partial charge in [0.25, 0.3) is 17.7 Å². The van der Waals surface area contributed by atoms with Gasteiger partial charge in [-0.2, -0.15) is 0 Å². The minimum atomic E-state index is -0.644. The zero-order valence-electron chi connectivity index (χ0n) is 15.3. The van der Waals surface area contributed by atoms with Crippen LogP contribution in [-0.2, 0) is 9.53 Å². The number of benzene rings is 2. The van der Waals surface area contributed by atoms with E-state index in [0.717, 1.165) is 4.90 Å².